The predicted molar refractivity (Wildman–Crippen MR) is 79.5 cm³/mol. The Bertz CT molecular complexity index is 552. The van der Waals surface area contributed by atoms with Gasteiger partial charge in [0.15, 0.2) is 0 Å². The maximum atomic E-state index is 14.0. The van der Waals surface area contributed by atoms with E-state index in [1.807, 2.05) is 19.9 Å². The maximum Gasteiger partial charge on any atom is 0.133 e. The lowest BCUT2D eigenvalue weighted by Crippen LogP contribution is -1.90. The predicted octanol–water partition coefficient (Wildman–Crippen LogP) is 5.49. The Labute approximate surface area is 119 Å². The summed E-state index contributed by atoms with van der Waals surface area (Å²) in [6.07, 6.45) is 0. The number of rotatable bonds is 2. The van der Waals surface area contributed by atoms with Crippen molar-refractivity contribution in [3.8, 4) is 16.9 Å². The van der Waals surface area contributed by atoms with E-state index in [-0.39, 0.29) is 5.82 Å². The Morgan fingerprint density at radius 2 is 1.74 bits per heavy atom. The van der Waals surface area contributed by atoms with E-state index in [1.165, 1.54) is 0 Å². The Balaban J connectivity index is 0.000000861. The molecule has 2 rings (SSSR count). The third-order valence-corrected chi connectivity index (χ3v) is 2.99. The number of halogens is 2. The fourth-order valence-corrected chi connectivity index (χ4v) is 1.91. The minimum atomic E-state index is -0.248. The maximum absolute atomic E-state index is 14.0. The molecule has 0 fully saturated rings. The molecular weight excluding hydrogens is 263 g/mol. The van der Waals surface area contributed by atoms with Gasteiger partial charge in [0.25, 0.3) is 0 Å². The van der Waals surface area contributed by atoms with E-state index in [1.54, 1.807) is 44.4 Å². The van der Waals surface area contributed by atoms with Crippen molar-refractivity contribution >= 4 is 11.6 Å². The van der Waals surface area contributed by atoms with Crippen LogP contribution in [-0.4, -0.2) is 7.11 Å². The van der Waals surface area contributed by atoms with Crippen LogP contribution < -0.4 is 4.74 Å². The van der Waals surface area contributed by atoms with Gasteiger partial charge in [0.1, 0.15) is 11.6 Å². The molecule has 1 nitrogen and oxygen atoms in total. The smallest absolute Gasteiger partial charge is 0.133 e. The third-order valence-electron chi connectivity index (χ3n) is 2.66. The van der Waals surface area contributed by atoms with Crippen LogP contribution in [0.5, 0.6) is 5.75 Å². The molecule has 0 saturated carbocycles. The van der Waals surface area contributed by atoms with Crippen LogP contribution in [0.3, 0.4) is 0 Å². The van der Waals surface area contributed by atoms with Crippen molar-refractivity contribution < 1.29 is 9.13 Å². The number of methoxy groups -OCH3 is 1. The molecule has 0 amide bonds. The van der Waals surface area contributed by atoms with Gasteiger partial charge in [-0.15, -0.1) is 0 Å². The van der Waals surface area contributed by atoms with Gasteiger partial charge in [0.05, 0.1) is 7.11 Å². The summed E-state index contributed by atoms with van der Waals surface area (Å²) in [4.78, 5) is 0. The molecule has 0 saturated heterocycles. The second kappa shape index (κ2) is 7.15. The Morgan fingerprint density at radius 3 is 2.37 bits per heavy atom. The number of hydrogen-bond acceptors (Lipinski definition) is 1. The first-order chi connectivity index (χ1) is 9.13. The molecule has 3 heteroatoms. The fourth-order valence-electron chi connectivity index (χ4n) is 1.69. The van der Waals surface area contributed by atoms with Crippen molar-refractivity contribution in [3.63, 3.8) is 0 Å². The highest BCUT2D eigenvalue weighted by Gasteiger charge is 2.11. The highest BCUT2D eigenvalue weighted by atomic mass is 35.5. The van der Waals surface area contributed by atoms with E-state index < -0.39 is 0 Å². The second-order valence-electron chi connectivity index (χ2n) is 3.78. The van der Waals surface area contributed by atoms with Crippen LogP contribution in [-0.2, 0) is 0 Å². The van der Waals surface area contributed by atoms with E-state index >= 15 is 0 Å². The first-order valence-electron chi connectivity index (χ1n) is 6.22. The van der Waals surface area contributed by atoms with Gasteiger partial charge in [-0.2, -0.15) is 0 Å². The first-order valence-corrected chi connectivity index (χ1v) is 6.60. The standard InChI is InChI=1S/C14H12ClFO.C2H6/c1-9-4-3-5-11(14(9)16)12-8-10(17-2)6-7-13(12)15;1-2/h3-8H,1-2H3;1-2H3. The van der Waals surface area contributed by atoms with E-state index in [2.05, 4.69) is 0 Å². The third kappa shape index (κ3) is 3.48. The lowest BCUT2D eigenvalue weighted by atomic mass is 10.0. The Kier molecular flexibility index (Phi) is 5.84. The molecule has 0 bridgehead atoms. The average Bonchev–Trinajstić information content (AvgIpc) is 2.45. The summed E-state index contributed by atoms with van der Waals surface area (Å²) in [7, 11) is 1.57. The SMILES string of the molecule is CC.COc1ccc(Cl)c(-c2cccc(C)c2F)c1. The zero-order valence-electron chi connectivity index (χ0n) is 11.6. The van der Waals surface area contributed by atoms with Crippen molar-refractivity contribution in [2.75, 3.05) is 7.11 Å². The van der Waals surface area contributed by atoms with Crippen LogP contribution in [0.25, 0.3) is 11.1 Å². The van der Waals surface area contributed by atoms with Crippen LogP contribution in [0.4, 0.5) is 4.39 Å². The minimum absolute atomic E-state index is 0.248. The van der Waals surface area contributed by atoms with Crippen LogP contribution in [0.1, 0.15) is 19.4 Å². The highest BCUT2D eigenvalue weighted by Crippen LogP contribution is 2.33. The van der Waals surface area contributed by atoms with Gasteiger partial charge in [-0.3, -0.25) is 0 Å². The molecule has 0 heterocycles. The van der Waals surface area contributed by atoms with Gasteiger partial charge < -0.3 is 4.74 Å². The molecule has 0 radical (unpaired) electrons. The fraction of sp³-hybridized carbons (Fsp3) is 0.250. The Morgan fingerprint density at radius 1 is 1.05 bits per heavy atom. The molecule has 0 atom stereocenters. The van der Waals surface area contributed by atoms with E-state index in [0.717, 1.165) is 0 Å². The van der Waals surface area contributed by atoms with Gasteiger partial charge in [0.2, 0.25) is 0 Å². The minimum Gasteiger partial charge on any atom is -0.497 e. The number of benzene rings is 2. The largest absolute Gasteiger partial charge is 0.497 e. The van der Waals surface area contributed by atoms with Gasteiger partial charge in [-0.25, -0.2) is 4.39 Å². The van der Waals surface area contributed by atoms with E-state index in [0.29, 0.717) is 27.5 Å². The molecule has 0 aliphatic heterocycles. The number of aryl methyl sites for hydroxylation is 1. The van der Waals surface area contributed by atoms with Crippen molar-refractivity contribution in [2.45, 2.75) is 20.8 Å². The lowest BCUT2D eigenvalue weighted by Gasteiger charge is -2.09. The molecule has 0 spiro atoms. The van der Waals surface area contributed by atoms with Gasteiger partial charge >= 0.3 is 0 Å². The van der Waals surface area contributed by atoms with Crippen molar-refractivity contribution in [1.82, 2.24) is 0 Å². The van der Waals surface area contributed by atoms with Gasteiger partial charge in [0, 0.05) is 16.1 Å². The highest BCUT2D eigenvalue weighted by molar-refractivity contribution is 6.33. The summed E-state index contributed by atoms with van der Waals surface area (Å²) >= 11 is 6.09. The molecule has 0 aliphatic rings. The average molecular weight is 281 g/mol. The van der Waals surface area contributed by atoms with Crippen molar-refractivity contribution in [1.29, 1.82) is 0 Å². The van der Waals surface area contributed by atoms with Gasteiger partial charge in [-0.05, 0) is 30.7 Å². The summed E-state index contributed by atoms with van der Waals surface area (Å²) in [5, 5.41) is 0.510. The zero-order valence-corrected chi connectivity index (χ0v) is 12.4. The summed E-state index contributed by atoms with van der Waals surface area (Å²) in [6.45, 7) is 5.73. The van der Waals surface area contributed by atoms with E-state index in [9.17, 15) is 4.39 Å². The molecule has 2 aromatic rings. The normalized spacial score (nSPS) is 9.58. The molecule has 2 aromatic carbocycles. The summed E-state index contributed by atoms with van der Waals surface area (Å²) < 4.78 is 19.1. The molecule has 19 heavy (non-hydrogen) atoms. The molecule has 102 valence electrons. The van der Waals surface area contributed by atoms with Crippen LogP contribution in [0.15, 0.2) is 36.4 Å². The molecule has 0 aromatic heterocycles. The summed E-state index contributed by atoms with van der Waals surface area (Å²) in [5.41, 5.74) is 1.74. The topological polar surface area (TPSA) is 9.23 Å². The quantitative estimate of drug-likeness (QED) is 0.707. The van der Waals surface area contributed by atoms with Crippen molar-refractivity contribution in [3.05, 3.63) is 52.8 Å². The second-order valence-corrected chi connectivity index (χ2v) is 4.19. The molecule has 0 N–H and O–H groups in total. The van der Waals surface area contributed by atoms with Crippen LogP contribution >= 0.6 is 11.6 Å². The Hall–Kier alpha value is -1.54. The summed E-state index contributed by atoms with van der Waals surface area (Å²) in [6, 6.07) is 10.4. The molecule has 0 unspecified atom stereocenters. The number of hydrogen-bond donors (Lipinski definition) is 0. The summed E-state index contributed by atoms with van der Waals surface area (Å²) in [5.74, 6) is 0.410. The lowest BCUT2D eigenvalue weighted by molar-refractivity contribution is 0.415. The first kappa shape index (κ1) is 15.5. The van der Waals surface area contributed by atoms with Gasteiger partial charge in [-0.1, -0.05) is 43.6 Å². The van der Waals surface area contributed by atoms with Crippen LogP contribution in [0.2, 0.25) is 5.02 Å². The van der Waals surface area contributed by atoms with Crippen LogP contribution in [0, 0.1) is 12.7 Å². The van der Waals surface area contributed by atoms with E-state index in [4.69, 9.17) is 16.3 Å². The molecule has 0 aliphatic carbocycles. The van der Waals surface area contributed by atoms with Crippen molar-refractivity contribution in [2.24, 2.45) is 0 Å². The molecular formula is C16H18ClFO. The monoisotopic (exact) mass is 280 g/mol. The zero-order chi connectivity index (χ0) is 14.4. The number of ether oxygens (including phenoxy) is 1.